The lowest BCUT2D eigenvalue weighted by molar-refractivity contribution is 0.363. The molecule has 0 aliphatic carbocycles. The second-order valence-corrected chi connectivity index (χ2v) is 5.00. The molecule has 0 bridgehead atoms. The smallest absolute Gasteiger partial charge is 0.216 e. The van der Waals surface area contributed by atoms with Gasteiger partial charge < -0.3 is 10.1 Å². The Morgan fingerprint density at radius 3 is 2.56 bits per heavy atom. The average Bonchev–Trinajstić information content (AvgIpc) is 2.36. The van der Waals surface area contributed by atoms with Gasteiger partial charge in [-0.2, -0.15) is 0 Å². The minimum Gasteiger partial charge on any atom is -0.481 e. The third kappa shape index (κ3) is 3.95. The van der Waals surface area contributed by atoms with Gasteiger partial charge in [-0.1, -0.05) is 20.8 Å². The maximum Gasteiger partial charge on any atom is 0.216 e. The van der Waals surface area contributed by atoms with Crippen LogP contribution in [0, 0.1) is 5.92 Å². The van der Waals surface area contributed by atoms with E-state index in [2.05, 4.69) is 43.0 Å². The Morgan fingerprint density at radius 1 is 1.28 bits per heavy atom. The van der Waals surface area contributed by atoms with Crippen LogP contribution in [0.1, 0.15) is 45.7 Å². The minimum absolute atomic E-state index is 0.369. The predicted octanol–water partition coefficient (Wildman–Crippen LogP) is 2.61. The fourth-order valence-corrected chi connectivity index (χ4v) is 2.32. The SMILES string of the molecule is CCCNC(C)C(c1cc(OC)ncn1)C(C)C. The Bertz CT molecular complexity index is 355. The first-order chi connectivity index (χ1) is 8.60. The van der Waals surface area contributed by atoms with Crippen LogP contribution in [-0.2, 0) is 0 Å². The molecular formula is C14H25N3O. The molecule has 1 N–H and O–H groups in total. The van der Waals surface area contributed by atoms with Gasteiger partial charge in [0, 0.05) is 18.0 Å². The molecule has 0 aliphatic heterocycles. The zero-order valence-corrected chi connectivity index (χ0v) is 12.1. The van der Waals surface area contributed by atoms with Crippen LogP contribution in [0.5, 0.6) is 5.88 Å². The lowest BCUT2D eigenvalue weighted by Gasteiger charge is -2.28. The average molecular weight is 251 g/mol. The van der Waals surface area contributed by atoms with Gasteiger partial charge in [-0.25, -0.2) is 9.97 Å². The number of hydrogen-bond acceptors (Lipinski definition) is 4. The molecule has 1 aromatic heterocycles. The van der Waals surface area contributed by atoms with Gasteiger partial charge in [0.2, 0.25) is 5.88 Å². The number of nitrogens with zero attached hydrogens (tertiary/aromatic N) is 2. The lowest BCUT2D eigenvalue weighted by atomic mass is 9.86. The van der Waals surface area contributed by atoms with E-state index in [1.165, 1.54) is 0 Å². The monoisotopic (exact) mass is 251 g/mol. The van der Waals surface area contributed by atoms with Crippen molar-refractivity contribution in [3.8, 4) is 5.88 Å². The number of rotatable bonds is 7. The first kappa shape index (κ1) is 14.9. The van der Waals surface area contributed by atoms with Crippen molar-refractivity contribution in [2.75, 3.05) is 13.7 Å². The molecule has 18 heavy (non-hydrogen) atoms. The molecule has 0 aliphatic rings. The highest BCUT2D eigenvalue weighted by Crippen LogP contribution is 2.27. The molecule has 1 rings (SSSR count). The summed E-state index contributed by atoms with van der Waals surface area (Å²) in [5.41, 5.74) is 1.05. The van der Waals surface area contributed by atoms with E-state index in [1.54, 1.807) is 13.4 Å². The van der Waals surface area contributed by atoms with Gasteiger partial charge in [0.05, 0.1) is 12.8 Å². The largest absolute Gasteiger partial charge is 0.481 e. The van der Waals surface area contributed by atoms with Gasteiger partial charge in [0.1, 0.15) is 6.33 Å². The summed E-state index contributed by atoms with van der Waals surface area (Å²) >= 11 is 0. The Balaban J connectivity index is 2.89. The zero-order valence-electron chi connectivity index (χ0n) is 12.1. The van der Waals surface area contributed by atoms with E-state index in [1.807, 2.05) is 6.07 Å². The van der Waals surface area contributed by atoms with Crippen molar-refractivity contribution in [2.45, 2.75) is 46.1 Å². The van der Waals surface area contributed by atoms with Gasteiger partial charge in [0.15, 0.2) is 0 Å². The fourth-order valence-electron chi connectivity index (χ4n) is 2.32. The van der Waals surface area contributed by atoms with E-state index in [-0.39, 0.29) is 0 Å². The molecule has 2 unspecified atom stereocenters. The number of methoxy groups -OCH3 is 1. The Kier molecular flexibility index (Phi) is 6.05. The topological polar surface area (TPSA) is 47.0 Å². The van der Waals surface area contributed by atoms with Crippen molar-refractivity contribution < 1.29 is 4.74 Å². The van der Waals surface area contributed by atoms with Crippen LogP contribution in [0.15, 0.2) is 12.4 Å². The lowest BCUT2D eigenvalue weighted by Crippen LogP contribution is -2.35. The summed E-state index contributed by atoms with van der Waals surface area (Å²) in [7, 11) is 1.63. The van der Waals surface area contributed by atoms with Crippen molar-refractivity contribution >= 4 is 0 Å². The molecule has 0 saturated heterocycles. The van der Waals surface area contributed by atoms with Crippen molar-refractivity contribution in [3.05, 3.63) is 18.1 Å². The number of hydrogen-bond donors (Lipinski definition) is 1. The van der Waals surface area contributed by atoms with Crippen LogP contribution in [0.2, 0.25) is 0 Å². The minimum atomic E-state index is 0.369. The molecule has 0 fully saturated rings. The number of ether oxygens (including phenoxy) is 1. The Labute approximate surface area is 110 Å². The first-order valence-corrected chi connectivity index (χ1v) is 6.69. The van der Waals surface area contributed by atoms with E-state index in [0.29, 0.717) is 23.8 Å². The third-order valence-corrected chi connectivity index (χ3v) is 3.19. The summed E-state index contributed by atoms with van der Waals surface area (Å²) in [6, 6.07) is 2.33. The zero-order chi connectivity index (χ0) is 13.5. The molecule has 1 aromatic rings. The Morgan fingerprint density at radius 2 is 2.00 bits per heavy atom. The van der Waals surface area contributed by atoms with Crippen LogP contribution in [-0.4, -0.2) is 29.7 Å². The molecule has 0 aromatic carbocycles. The van der Waals surface area contributed by atoms with Crippen molar-refractivity contribution in [1.82, 2.24) is 15.3 Å². The summed E-state index contributed by atoms with van der Waals surface area (Å²) in [6.07, 6.45) is 2.72. The first-order valence-electron chi connectivity index (χ1n) is 6.69. The predicted molar refractivity (Wildman–Crippen MR) is 73.9 cm³/mol. The Hall–Kier alpha value is -1.16. The molecule has 2 atom stereocenters. The van der Waals surface area contributed by atoms with Gasteiger partial charge in [-0.05, 0) is 25.8 Å². The van der Waals surface area contributed by atoms with Crippen molar-refractivity contribution in [3.63, 3.8) is 0 Å². The summed E-state index contributed by atoms with van der Waals surface area (Å²) in [4.78, 5) is 8.47. The second-order valence-electron chi connectivity index (χ2n) is 5.00. The standard InChI is InChI=1S/C14H25N3O/c1-6-7-15-11(4)14(10(2)3)12-8-13(18-5)17-9-16-12/h8-11,14-15H,6-7H2,1-5H3. The molecule has 1 heterocycles. The van der Waals surface area contributed by atoms with Crippen LogP contribution in [0.3, 0.4) is 0 Å². The van der Waals surface area contributed by atoms with Crippen LogP contribution >= 0.6 is 0 Å². The molecule has 102 valence electrons. The van der Waals surface area contributed by atoms with E-state index in [0.717, 1.165) is 18.7 Å². The third-order valence-electron chi connectivity index (χ3n) is 3.19. The maximum absolute atomic E-state index is 5.17. The highest BCUT2D eigenvalue weighted by Gasteiger charge is 2.24. The molecule has 0 spiro atoms. The highest BCUT2D eigenvalue weighted by molar-refractivity contribution is 5.19. The molecule has 0 radical (unpaired) electrons. The fraction of sp³-hybridized carbons (Fsp3) is 0.714. The number of nitrogens with one attached hydrogen (secondary N) is 1. The molecule has 0 amide bonds. The summed E-state index contributed by atoms with van der Waals surface area (Å²) in [6.45, 7) is 9.88. The van der Waals surface area contributed by atoms with Gasteiger partial charge in [0.25, 0.3) is 0 Å². The van der Waals surface area contributed by atoms with E-state index < -0.39 is 0 Å². The quantitative estimate of drug-likeness (QED) is 0.809. The van der Waals surface area contributed by atoms with Gasteiger partial charge >= 0.3 is 0 Å². The van der Waals surface area contributed by atoms with Gasteiger partial charge in [-0.15, -0.1) is 0 Å². The summed E-state index contributed by atoms with van der Waals surface area (Å²) < 4.78 is 5.17. The van der Waals surface area contributed by atoms with E-state index in [4.69, 9.17) is 4.74 Å². The normalized spacial score (nSPS) is 14.6. The van der Waals surface area contributed by atoms with Gasteiger partial charge in [-0.3, -0.25) is 0 Å². The molecule has 4 nitrogen and oxygen atoms in total. The van der Waals surface area contributed by atoms with E-state index >= 15 is 0 Å². The molecule has 0 saturated carbocycles. The van der Waals surface area contributed by atoms with Crippen molar-refractivity contribution in [2.24, 2.45) is 5.92 Å². The van der Waals surface area contributed by atoms with Crippen LogP contribution < -0.4 is 10.1 Å². The van der Waals surface area contributed by atoms with E-state index in [9.17, 15) is 0 Å². The molecular weight excluding hydrogens is 226 g/mol. The summed E-state index contributed by atoms with van der Waals surface area (Å²) in [5.74, 6) is 1.52. The number of aromatic nitrogens is 2. The van der Waals surface area contributed by atoms with Crippen LogP contribution in [0.25, 0.3) is 0 Å². The van der Waals surface area contributed by atoms with Crippen molar-refractivity contribution in [1.29, 1.82) is 0 Å². The molecule has 4 heteroatoms. The second kappa shape index (κ2) is 7.31. The maximum atomic E-state index is 5.17. The summed E-state index contributed by atoms with van der Waals surface area (Å²) in [5, 5.41) is 3.55. The highest BCUT2D eigenvalue weighted by atomic mass is 16.5. The van der Waals surface area contributed by atoms with Crippen LogP contribution in [0.4, 0.5) is 0 Å².